The van der Waals surface area contributed by atoms with Crippen LogP contribution in [0.4, 0.5) is 0 Å². The lowest BCUT2D eigenvalue weighted by Crippen LogP contribution is -2.28. The van der Waals surface area contributed by atoms with Crippen LogP contribution in [0.15, 0.2) is 18.3 Å². The van der Waals surface area contributed by atoms with Crippen molar-refractivity contribution >= 4 is 11.9 Å². The third-order valence-electron chi connectivity index (χ3n) is 2.55. The predicted octanol–water partition coefficient (Wildman–Crippen LogP) is 1.56. The van der Waals surface area contributed by atoms with Gasteiger partial charge >= 0.3 is 5.97 Å². The van der Waals surface area contributed by atoms with Gasteiger partial charge in [-0.2, -0.15) is 0 Å². The van der Waals surface area contributed by atoms with Crippen molar-refractivity contribution in [2.24, 2.45) is 5.92 Å². The summed E-state index contributed by atoms with van der Waals surface area (Å²) < 4.78 is 0. The van der Waals surface area contributed by atoms with E-state index in [9.17, 15) is 9.59 Å². The number of amides is 1. The fourth-order valence-electron chi connectivity index (χ4n) is 1.19. The SMILES string of the molecule is CCC(C)CNC(=O)c1cc(C(=O)O)ccn1. The zero-order chi connectivity index (χ0) is 12.8. The molecule has 0 radical (unpaired) electrons. The quantitative estimate of drug-likeness (QED) is 0.813. The van der Waals surface area contributed by atoms with Gasteiger partial charge in [0.15, 0.2) is 0 Å². The molecule has 17 heavy (non-hydrogen) atoms. The molecule has 0 saturated carbocycles. The maximum absolute atomic E-state index is 11.7. The minimum absolute atomic E-state index is 0.0636. The molecule has 92 valence electrons. The molecule has 2 N–H and O–H groups in total. The largest absolute Gasteiger partial charge is 0.478 e. The van der Waals surface area contributed by atoms with Gasteiger partial charge in [0.05, 0.1) is 5.56 Å². The van der Waals surface area contributed by atoms with Crippen molar-refractivity contribution in [3.63, 3.8) is 0 Å². The number of pyridine rings is 1. The van der Waals surface area contributed by atoms with Gasteiger partial charge in [-0.1, -0.05) is 20.3 Å². The summed E-state index contributed by atoms with van der Waals surface area (Å²) in [5, 5.41) is 11.5. The molecule has 1 aromatic heterocycles. The first-order valence-corrected chi connectivity index (χ1v) is 5.52. The fraction of sp³-hybridized carbons (Fsp3) is 0.417. The van der Waals surface area contributed by atoms with E-state index >= 15 is 0 Å². The van der Waals surface area contributed by atoms with Crippen LogP contribution in [-0.4, -0.2) is 28.5 Å². The number of carbonyl (C=O) groups is 2. The number of aromatic carboxylic acids is 1. The Hall–Kier alpha value is -1.91. The molecule has 1 unspecified atom stereocenters. The lowest BCUT2D eigenvalue weighted by Gasteiger charge is -2.09. The Morgan fingerprint density at radius 1 is 1.53 bits per heavy atom. The van der Waals surface area contributed by atoms with Gasteiger partial charge in [0, 0.05) is 12.7 Å². The number of carboxylic acids is 1. The first-order valence-electron chi connectivity index (χ1n) is 5.52. The van der Waals surface area contributed by atoms with E-state index in [0.29, 0.717) is 12.5 Å². The van der Waals surface area contributed by atoms with E-state index in [1.165, 1.54) is 18.3 Å². The third kappa shape index (κ3) is 3.86. The summed E-state index contributed by atoms with van der Waals surface area (Å²) in [6.45, 7) is 4.63. The van der Waals surface area contributed by atoms with Crippen molar-refractivity contribution in [1.82, 2.24) is 10.3 Å². The second-order valence-corrected chi connectivity index (χ2v) is 3.96. The zero-order valence-electron chi connectivity index (χ0n) is 9.93. The summed E-state index contributed by atoms with van der Waals surface area (Å²) in [6.07, 6.45) is 2.30. The van der Waals surface area contributed by atoms with Crippen molar-refractivity contribution < 1.29 is 14.7 Å². The highest BCUT2D eigenvalue weighted by molar-refractivity contribution is 5.95. The van der Waals surface area contributed by atoms with E-state index < -0.39 is 5.97 Å². The average molecular weight is 236 g/mol. The van der Waals surface area contributed by atoms with Gasteiger partial charge in [0.25, 0.3) is 5.91 Å². The van der Waals surface area contributed by atoms with Crippen LogP contribution < -0.4 is 5.32 Å². The first kappa shape index (κ1) is 13.2. The Balaban J connectivity index is 2.69. The summed E-state index contributed by atoms with van der Waals surface area (Å²) in [5.74, 6) is -1.02. The highest BCUT2D eigenvalue weighted by Gasteiger charge is 2.11. The van der Waals surface area contributed by atoms with Gasteiger partial charge in [0.1, 0.15) is 5.69 Å². The van der Waals surface area contributed by atoms with E-state index in [1.807, 2.05) is 13.8 Å². The number of aromatic nitrogens is 1. The number of nitrogens with zero attached hydrogens (tertiary/aromatic N) is 1. The number of hydrogen-bond donors (Lipinski definition) is 2. The van der Waals surface area contributed by atoms with Gasteiger partial charge in [-0.05, 0) is 18.1 Å². The monoisotopic (exact) mass is 236 g/mol. The van der Waals surface area contributed by atoms with Crippen molar-refractivity contribution in [2.45, 2.75) is 20.3 Å². The first-order chi connectivity index (χ1) is 8.04. The van der Waals surface area contributed by atoms with Gasteiger partial charge in [0.2, 0.25) is 0 Å². The molecule has 0 aliphatic rings. The number of carbonyl (C=O) groups excluding carboxylic acids is 1. The topological polar surface area (TPSA) is 79.3 Å². The molecule has 5 nitrogen and oxygen atoms in total. The second-order valence-electron chi connectivity index (χ2n) is 3.96. The van der Waals surface area contributed by atoms with E-state index in [-0.39, 0.29) is 17.2 Å². The molecule has 0 aliphatic carbocycles. The van der Waals surface area contributed by atoms with Crippen molar-refractivity contribution in [3.05, 3.63) is 29.6 Å². The summed E-state index contributed by atoms with van der Waals surface area (Å²) >= 11 is 0. The van der Waals surface area contributed by atoms with Crippen LogP contribution in [0.2, 0.25) is 0 Å². The van der Waals surface area contributed by atoms with Gasteiger partial charge in [-0.15, -0.1) is 0 Å². The molecule has 0 saturated heterocycles. The highest BCUT2D eigenvalue weighted by Crippen LogP contribution is 2.03. The summed E-state index contributed by atoms with van der Waals surface area (Å²) in [6, 6.07) is 2.63. The Kier molecular flexibility index (Phi) is 4.63. The third-order valence-corrected chi connectivity index (χ3v) is 2.55. The molecule has 0 aromatic carbocycles. The molecule has 0 aliphatic heterocycles. The van der Waals surface area contributed by atoms with Crippen LogP contribution in [0.1, 0.15) is 41.1 Å². The number of carboxylic acid groups (broad SMARTS) is 1. The standard InChI is InChI=1S/C12H16N2O3/c1-3-8(2)7-14-11(15)10-6-9(12(16)17)4-5-13-10/h4-6,8H,3,7H2,1-2H3,(H,14,15)(H,16,17). The van der Waals surface area contributed by atoms with Crippen LogP contribution in [0.5, 0.6) is 0 Å². The van der Waals surface area contributed by atoms with Gasteiger partial charge in [-0.25, -0.2) is 4.79 Å². The molecule has 1 amide bonds. The van der Waals surface area contributed by atoms with Crippen LogP contribution in [-0.2, 0) is 0 Å². The van der Waals surface area contributed by atoms with Crippen molar-refractivity contribution in [2.75, 3.05) is 6.54 Å². The maximum Gasteiger partial charge on any atom is 0.335 e. The highest BCUT2D eigenvalue weighted by atomic mass is 16.4. The Bertz CT molecular complexity index is 418. The average Bonchev–Trinajstić information content (AvgIpc) is 2.35. The number of hydrogen-bond acceptors (Lipinski definition) is 3. The Morgan fingerprint density at radius 3 is 2.82 bits per heavy atom. The molecule has 0 spiro atoms. The lowest BCUT2D eigenvalue weighted by atomic mass is 10.1. The van der Waals surface area contributed by atoms with E-state index in [2.05, 4.69) is 10.3 Å². The smallest absolute Gasteiger partial charge is 0.335 e. The zero-order valence-corrected chi connectivity index (χ0v) is 9.93. The molecule has 1 heterocycles. The van der Waals surface area contributed by atoms with Crippen LogP contribution in [0, 0.1) is 5.92 Å². The molecule has 5 heteroatoms. The van der Waals surface area contributed by atoms with Crippen molar-refractivity contribution in [3.8, 4) is 0 Å². The number of nitrogens with one attached hydrogen (secondary N) is 1. The van der Waals surface area contributed by atoms with Gasteiger partial charge in [-0.3, -0.25) is 9.78 Å². The van der Waals surface area contributed by atoms with Crippen LogP contribution in [0.25, 0.3) is 0 Å². The normalized spacial score (nSPS) is 11.9. The van der Waals surface area contributed by atoms with Gasteiger partial charge < -0.3 is 10.4 Å². The number of rotatable bonds is 5. The molecule has 0 bridgehead atoms. The lowest BCUT2D eigenvalue weighted by molar-refractivity contribution is 0.0696. The Labute approximate surface area is 99.9 Å². The summed E-state index contributed by atoms with van der Waals surface area (Å²) in [5.41, 5.74) is 0.196. The molecule has 1 rings (SSSR count). The minimum Gasteiger partial charge on any atom is -0.478 e. The minimum atomic E-state index is -1.07. The summed E-state index contributed by atoms with van der Waals surface area (Å²) in [4.78, 5) is 26.3. The molecule has 0 fully saturated rings. The van der Waals surface area contributed by atoms with E-state index in [0.717, 1.165) is 6.42 Å². The predicted molar refractivity (Wildman–Crippen MR) is 63.0 cm³/mol. The van der Waals surface area contributed by atoms with E-state index in [4.69, 9.17) is 5.11 Å². The molecular formula is C12H16N2O3. The van der Waals surface area contributed by atoms with E-state index in [1.54, 1.807) is 0 Å². The van der Waals surface area contributed by atoms with Crippen LogP contribution >= 0.6 is 0 Å². The summed E-state index contributed by atoms with van der Waals surface area (Å²) in [7, 11) is 0. The molecular weight excluding hydrogens is 220 g/mol. The van der Waals surface area contributed by atoms with Crippen LogP contribution in [0.3, 0.4) is 0 Å². The van der Waals surface area contributed by atoms with Crippen molar-refractivity contribution in [1.29, 1.82) is 0 Å². The maximum atomic E-state index is 11.7. The molecule has 1 aromatic rings. The Morgan fingerprint density at radius 2 is 2.24 bits per heavy atom. The molecule has 1 atom stereocenters. The fourth-order valence-corrected chi connectivity index (χ4v) is 1.19. The second kappa shape index (κ2) is 5.98.